The molecule has 0 unspecified atom stereocenters. The molecular formula is C26H30N2O7. The maximum atomic E-state index is 11.9. The number of carbonyl (C=O) groups is 4. The molecule has 0 bridgehead atoms. The molecule has 0 spiro atoms. The van der Waals surface area contributed by atoms with Crippen molar-refractivity contribution >= 4 is 24.4 Å². The van der Waals surface area contributed by atoms with Crippen molar-refractivity contribution in [1.82, 2.24) is 10.6 Å². The van der Waals surface area contributed by atoms with E-state index >= 15 is 0 Å². The summed E-state index contributed by atoms with van der Waals surface area (Å²) < 4.78 is 15.3. The van der Waals surface area contributed by atoms with Crippen molar-refractivity contribution in [2.24, 2.45) is 0 Å². The quantitative estimate of drug-likeness (QED) is 0.182. The van der Waals surface area contributed by atoms with E-state index in [1.54, 1.807) is 48.5 Å². The molecule has 35 heavy (non-hydrogen) atoms. The molecule has 0 radical (unpaired) electrons. The summed E-state index contributed by atoms with van der Waals surface area (Å²) in [5.74, 6) is 0.477. The van der Waals surface area contributed by atoms with Crippen LogP contribution in [0.3, 0.4) is 0 Å². The summed E-state index contributed by atoms with van der Waals surface area (Å²) in [6.07, 6.45) is 3.52. The summed E-state index contributed by atoms with van der Waals surface area (Å²) in [6.45, 7) is 4.29. The molecule has 0 saturated carbocycles. The summed E-state index contributed by atoms with van der Waals surface area (Å²) >= 11 is 0. The molecule has 2 N–H and O–H groups in total. The number of ether oxygens (including phenoxy) is 3. The van der Waals surface area contributed by atoms with Crippen LogP contribution < -0.4 is 20.1 Å². The first-order chi connectivity index (χ1) is 17.0. The van der Waals surface area contributed by atoms with Crippen LogP contribution in [0.2, 0.25) is 0 Å². The van der Waals surface area contributed by atoms with Gasteiger partial charge in [0.2, 0.25) is 0 Å². The summed E-state index contributed by atoms with van der Waals surface area (Å²) in [5.41, 5.74) is 1.90. The van der Waals surface area contributed by atoms with E-state index in [4.69, 9.17) is 14.2 Å². The van der Waals surface area contributed by atoms with E-state index in [0.29, 0.717) is 50.3 Å². The van der Waals surface area contributed by atoms with Gasteiger partial charge in [-0.15, -0.1) is 0 Å². The fraction of sp³-hybridized carbons (Fsp3) is 0.308. The van der Waals surface area contributed by atoms with Crippen molar-refractivity contribution in [2.75, 3.05) is 19.7 Å². The van der Waals surface area contributed by atoms with Crippen molar-refractivity contribution in [3.8, 4) is 11.5 Å². The molecular weight excluding hydrogens is 452 g/mol. The van der Waals surface area contributed by atoms with Crippen molar-refractivity contribution in [3.05, 3.63) is 72.3 Å². The van der Waals surface area contributed by atoms with Crippen LogP contribution in [0, 0.1) is 0 Å². The van der Waals surface area contributed by atoms with Gasteiger partial charge in [0.1, 0.15) is 24.4 Å². The van der Waals surface area contributed by atoms with E-state index in [1.165, 1.54) is 6.08 Å². The molecule has 0 aliphatic heterocycles. The molecule has 2 aromatic rings. The van der Waals surface area contributed by atoms with Gasteiger partial charge in [0.05, 0.1) is 0 Å². The number of hydrogen-bond donors (Lipinski definition) is 2. The van der Waals surface area contributed by atoms with Gasteiger partial charge in [-0.1, -0.05) is 36.9 Å². The Hall–Kier alpha value is -4.14. The van der Waals surface area contributed by atoms with Crippen LogP contribution in [0.4, 0.5) is 9.59 Å². The van der Waals surface area contributed by atoms with Gasteiger partial charge in [-0.2, -0.15) is 0 Å². The van der Waals surface area contributed by atoms with E-state index in [-0.39, 0.29) is 19.0 Å². The van der Waals surface area contributed by atoms with Crippen LogP contribution in [0.5, 0.6) is 11.5 Å². The van der Waals surface area contributed by atoms with Gasteiger partial charge in [0.25, 0.3) is 0 Å². The predicted octanol–water partition coefficient (Wildman–Crippen LogP) is 3.75. The lowest BCUT2D eigenvalue weighted by molar-refractivity contribution is -0.142. The second-order valence-corrected chi connectivity index (χ2v) is 7.45. The molecule has 0 fully saturated rings. The number of aryl methyl sites for hydroxylation is 2. The van der Waals surface area contributed by atoms with Crippen LogP contribution in [-0.2, 0) is 27.2 Å². The third-order valence-electron chi connectivity index (χ3n) is 4.69. The van der Waals surface area contributed by atoms with Gasteiger partial charge in [0.15, 0.2) is 0 Å². The minimum absolute atomic E-state index is 0.195. The molecule has 9 nitrogen and oxygen atoms in total. The molecule has 0 aliphatic rings. The van der Waals surface area contributed by atoms with Crippen molar-refractivity contribution in [3.63, 3.8) is 0 Å². The number of carbonyl (C=O) groups excluding carboxylic acids is 4. The van der Waals surface area contributed by atoms with Gasteiger partial charge < -0.3 is 29.6 Å². The van der Waals surface area contributed by atoms with Gasteiger partial charge in [-0.25, -0.2) is 9.59 Å². The number of rotatable bonds is 14. The highest BCUT2D eigenvalue weighted by Gasteiger charge is 2.07. The third-order valence-corrected chi connectivity index (χ3v) is 4.69. The molecule has 186 valence electrons. The minimum Gasteiger partial charge on any atom is -0.461 e. The monoisotopic (exact) mass is 482 g/mol. The lowest BCUT2D eigenvalue weighted by atomic mass is 10.1. The van der Waals surface area contributed by atoms with E-state index in [2.05, 4.69) is 17.2 Å². The van der Waals surface area contributed by atoms with Crippen LogP contribution in [0.15, 0.2) is 61.2 Å². The first-order valence-corrected chi connectivity index (χ1v) is 11.3. The Balaban J connectivity index is 1.58. The lowest BCUT2D eigenvalue weighted by Gasteiger charge is -2.09. The molecule has 0 heterocycles. The Labute approximate surface area is 204 Å². The first kappa shape index (κ1) is 27.1. The number of nitrogens with one attached hydrogen (secondary N) is 2. The zero-order valence-corrected chi connectivity index (χ0v) is 19.5. The van der Waals surface area contributed by atoms with E-state index in [1.807, 2.05) is 0 Å². The number of amides is 2. The van der Waals surface area contributed by atoms with Crippen LogP contribution in [0.1, 0.15) is 30.4 Å². The third kappa shape index (κ3) is 11.5. The zero-order chi connectivity index (χ0) is 25.3. The largest absolute Gasteiger partial charge is 0.461 e. The average Bonchev–Trinajstić information content (AvgIpc) is 2.86. The molecule has 0 aliphatic carbocycles. The highest BCUT2D eigenvalue weighted by molar-refractivity contribution is 5.71. The molecule has 2 rings (SSSR count). The number of esters is 1. The normalized spacial score (nSPS) is 10.1. The molecule has 0 aromatic heterocycles. The number of aldehydes is 1. The summed E-state index contributed by atoms with van der Waals surface area (Å²) in [7, 11) is 0. The second kappa shape index (κ2) is 15.7. The predicted molar refractivity (Wildman–Crippen MR) is 129 cm³/mol. The fourth-order valence-corrected chi connectivity index (χ4v) is 2.90. The second-order valence-electron chi connectivity index (χ2n) is 7.45. The Morgan fingerprint density at radius 3 is 1.80 bits per heavy atom. The molecule has 2 amide bonds. The SMILES string of the molecule is C=CCOC(=O)CCc1ccc(OC(=O)NCCCNC(=O)Oc2ccc(CCC=O)cc2)cc1. The fourth-order valence-electron chi connectivity index (χ4n) is 2.90. The van der Waals surface area contributed by atoms with E-state index in [9.17, 15) is 19.2 Å². The number of benzene rings is 2. The standard InChI is InChI=1S/C26H30N2O7/c1-2-19-33-24(30)15-10-21-8-13-23(14-9-21)35-26(32)28-17-4-16-27-25(31)34-22-11-6-20(7-12-22)5-3-18-29/h2,6-9,11-14,18H,1,3-5,10,15-17,19H2,(H,27,31)(H,28,32). The van der Waals surface area contributed by atoms with Gasteiger partial charge >= 0.3 is 18.2 Å². The zero-order valence-electron chi connectivity index (χ0n) is 19.5. The summed E-state index contributed by atoms with van der Waals surface area (Å²) in [4.78, 5) is 45.7. The average molecular weight is 483 g/mol. The van der Waals surface area contributed by atoms with Crippen LogP contribution in [0.25, 0.3) is 0 Å². The van der Waals surface area contributed by atoms with Crippen LogP contribution in [-0.4, -0.2) is 44.1 Å². The van der Waals surface area contributed by atoms with Crippen molar-refractivity contribution in [2.45, 2.75) is 32.1 Å². The smallest absolute Gasteiger partial charge is 0.412 e. The Morgan fingerprint density at radius 1 is 0.800 bits per heavy atom. The Bertz CT molecular complexity index is 972. The highest BCUT2D eigenvalue weighted by Crippen LogP contribution is 2.14. The summed E-state index contributed by atoms with van der Waals surface area (Å²) in [6, 6.07) is 13.8. The van der Waals surface area contributed by atoms with Crippen LogP contribution >= 0.6 is 0 Å². The summed E-state index contributed by atoms with van der Waals surface area (Å²) in [5, 5.41) is 5.21. The van der Waals surface area contributed by atoms with Gasteiger partial charge in [-0.3, -0.25) is 4.79 Å². The maximum Gasteiger partial charge on any atom is 0.412 e. The van der Waals surface area contributed by atoms with E-state index in [0.717, 1.165) is 17.4 Å². The van der Waals surface area contributed by atoms with E-state index < -0.39 is 12.2 Å². The Kier molecular flexibility index (Phi) is 12.1. The molecule has 2 aromatic carbocycles. The lowest BCUT2D eigenvalue weighted by Crippen LogP contribution is -2.32. The van der Waals surface area contributed by atoms with Gasteiger partial charge in [0, 0.05) is 25.9 Å². The molecule has 0 atom stereocenters. The maximum absolute atomic E-state index is 11.9. The van der Waals surface area contributed by atoms with Gasteiger partial charge in [-0.05, 0) is 54.7 Å². The highest BCUT2D eigenvalue weighted by atomic mass is 16.6. The van der Waals surface area contributed by atoms with Crippen molar-refractivity contribution in [1.29, 1.82) is 0 Å². The molecule has 9 heteroatoms. The van der Waals surface area contributed by atoms with Crippen molar-refractivity contribution < 1.29 is 33.4 Å². The Morgan fingerprint density at radius 2 is 1.31 bits per heavy atom. The topological polar surface area (TPSA) is 120 Å². The first-order valence-electron chi connectivity index (χ1n) is 11.3. The minimum atomic E-state index is -0.608. The number of hydrogen-bond acceptors (Lipinski definition) is 7. The molecule has 0 saturated heterocycles.